The maximum absolute atomic E-state index is 5.41. The van der Waals surface area contributed by atoms with Gasteiger partial charge in [0.2, 0.25) is 0 Å². The van der Waals surface area contributed by atoms with Crippen LogP contribution in [0.5, 0.6) is 0 Å². The summed E-state index contributed by atoms with van der Waals surface area (Å²) in [5, 5.41) is 0. The van der Waals surface area contributed by atoms with Crippen molar-refractivity contribution >= 4 is 0 Å². The van der Waals surface area contributed by atoms with Crippen LogP contribution in [0.1, 0.15) is 33.6 Å². The molecule has 60 valence electrons. The standard InChI is InChI=1S/C9H18O/c1-4-9(8(2)3)5-6-10-7-9/h8H,4-7H2,1-3H3/t9-/m1/s1. The van der Waals surface area contributed by atoms with Crippen LogP contribution < -0.4 is 0 Å². The van der Waals surface area contributed by atoms with E-state index >= 15 is 0 Å². The first-order valence-electron chi connectivity index (χ1n) is 4.29. The zero-order valence-corrected chi connectivity index (χ0v) is 7.31. The van der Waals surface area contributed by atoms with Gasteiger partial charge in [0.1, 0.15) is 0 Å². The summed E-state index contributed by atoms with van der Waals surface area (Å²) in [5.41, 5.74) is 0.514. The van der Waals surface area contributed by atoms with E-state index in [9.17, 15) is 0 Å². The highest BCUT2D eigenvalue weighted by atomic mass is 16.5. The van der Waals surface area contributed by atoms with Crippen molar-refractivity contribution in [2.45, 2.75) is 33.6 Å². The minimum Gasteiger partial charge on any atom is -0.381 e. The summed E-state index contributed by atoms with van der Waals surface area (Å²) in [6.07, 6.45) is 2.53. The smallest absolute Gasteiger partial charge is 0.0525 e. The van der Waals surface area contributed by atoms with Crippen LogP contribution >= 0.6 is 0 Å². The quantitative estimate of drug-likeness (QED) is 0.575. The van der Waals surface area contributed by atoms with E-state index in [0.717, 1.165) is 19.1 Å². The number of hydrogen-bond donors (Lipinski definition) is 0. The summed E-state index contributed by atoms with van der Waals surface area (Å²) < 4.78 is 5.41. The second-order valence-electron chi connectivity index (χ2n) is 3.67. The van der Waals surface area contributed by atoms with Crippen molar-refractivity contribution in [1.29, 1.82) is 0 Å². The Morgan fingerprint density at radius 2 is 2.20 bits per heavy atom. The maximum Gasteiger partial charge on any atom is 0.0525 e. The van der Waals surface area contributed by atoms with Gasteiger partial charge in [-0.2, -0.15) is 0 Å². The predicted octanol–water partition coefficient (Wildman–Crippen LogP) is 2.46. The Kier molecular flexibility index (Phi) is 2.35. The van der Waals surface area contributed by atoms with E-state index in [1.807, 2.05) is 0 Å². The van der Waals surface area contributed by atoms with Crippen molar-refractivity contribution < 1.29 is 4.74 Å². The zero-order chi connectivity index (χ0) is 7.61. The molecular weight excluding hydrogens is 124 g/mol. The van der Waals surface area contributed by atoms with Gasteiger partial charge < -0.3 is 4.74 Å². The molecular formula is C9H18O. The van der Waals surface area contributed by atoms with Crippen LogP contribution in [-0.4, -0.2) is 13.2 Å². The molecule has 0 N–H and O–H groups in total. The number of hydrogen-bond acceptors (Lipinski definition) is 1. The van der Waals surface area contributed by atoms with Crippen LogP contribution in [-0.2, 0) is 4.74 Å². The summed E-state index contributed by atoms with van der Waals surface area (Å²) in [7, 11) is 0. The van der Waals surface area contributed by atoms with Crippen LogP contribution in [0, 0.1) is 11.3 Å². The molecule has 1 atom stereocenters. The molecule has 0 aromatic rings. The molecule has 0 bridgehead atoms. The predicted molar refractivity (Wildman–Crippen MR) is 43.0 cm³/mol. The van der Waals surface area contributed by atoms with Gasteiger partial charge in [0, 0.05) is 6.61 Å². The molecule has 0 saturated carbocycles. The molecule has 1 saturated heterocycles. The Bertz CT molecular complexity index is 101. The summed E-state index contributed by atoms with van der Waals surface area (Å²) in [4.78, 5) is 0. The molecule has 0 radical (unpaired) electrons. The topological polar surface area (TPSA) is 9.23 Å². The average Bonchev–Trinajstić information content (AvgIpc) is 2.35. The van der Waals surface area contributed by atoms with Gasteiger partial charge in [-0.3, -0.25) is 0 Å². The Morgan fingerprint density at radius 1 is 1.50 bits per heavy atom. The van der Waals surface area contributed by atoms with Gasteiger partial charge in [-0.05, 0) is 24.2 Å². The van der Waals surface area contributed by atoms with Gasteiger partial charge in [-0.25, -0.2) is 0 Å². The molecule has 1 aliphatic rings. The third-order valence-corrected chi connectivity index (χ3v) is 3.06. The Hall–Kier alpha value is -0.0400. The van der Waals surface area contributed by atoms with E-state index < -0.39 is 0 Å². The van der Waals surface area contributed by atoms with Crippen molar-refractivity contribution in [3.63, 3.8) is 0 Å². The van der Waals surface area contributed by atoms with Gasteiger partial charge in [-0.15, -0.1) is 0 Å². The van der Waals surface area contributed by atoms with Gasteiger partial charge >= 0.3 is 0 Å². The molecule has 0 aromatic carbocycles. The third kappa shape index (κ3) is 1.20. The first kappa shape index (κ1) is 8.06. The van der Waals surface area contributed by atoms with E-state index in [4.69, 9.17) is 4.74 Å². The highest BCUT2D eigenvalue weighted by molar-refractivity contribution is 4.84. The summed E-state index contributed by atoms with van der Waals surface area (Å²) in [6.45, 7) is 8.85. The highest BCUT2D eigenvalue weighted by Crippen LogP contribution is 2.39. The monoisotopic (exact) mass is 142 g/mol. The van der Waals surface area contributed by atoms with E-state index in [1.54, 1.807) is 0 Å². The fourth-order valence-electron chi connectivity index (χ4n) is 1.77. The van der Waals surface area contributed by atoms with Gasteiger partial charge in [-0.1, -0.05) is 20.8 Å². The molecule has 1 rings (SSSR count). The summed E-state index contributed by atoms with van der Waals surface area (Å²) in [6, 6.07) is 0. The van der Waals surface area contributed by atoms with Crippen molar-refractivity contribution in [2.24, 2.45) is 11.3 Å². The van der Waals surface area contributed by atoms with E-state index in [1.165, 1.54) is 12.8 Å². The maximum atomic E-state index is 5.41. The summed E-state index contributed by atoms with van der Waals surface area (Å²) >= 11 is 0. The number of rotatable bonds is 2. The molecule has 0 spiro atoms. The Morgan fingerprint density at radius 3 is 2.40 bits per heavy atom. The van der Waals surface area contributed by atoms with Gasteiger partial charge in [0.25, 0.3) is 0 Å². The molecule has 0 amide bonds. The van der Waals surface area contributed by atoms with Crippen molar-refractivity contribution in [3.8, 4) is 0 Å². The van der Waals surface area contributed by atoms with Crippen LogP contribution in [0.4, 0.5) is 0 Å². The minimum absolute atomic E-state index is 0.514. The second kappa shape index (κ2) is 2.91. The lowest BCUT2D eigenvalue weighted by Crippen LogP contribution is -2.26. The molecule has 0 unspecified atom stereocenters. The molecule has 1 nitrogen and oxygen atoms in total. The summed E-state index contributed by atoms with van der Waals surface area (Å²) in [5.74, 6) is 0.778. The first-order chi connectivity index (χ1) is 4.71. The lowest BCUT2D eigenvalue weighted by molar-refractivity contribution is 0.116. The molecule has 1 heteroatoms. The average molecular weight is 142 g/mol. The van der Waals surface area contributed by atoms with Crippen molar-refractivity contribution in [1.82, 2.24) is 0 Å². The van der Waals surface area contributed by atoms with E-state index in [-0.39, 0.29) is 0 Å². The molecule has 10 heavy (non-hydrogen) atoms. The third-order valence-electron chi connectivity index (χ3n) is 3.06. The van der Waals surface area contributed by atoms with Crippen molar-refractivity contribution in [3.05, 3.63) is 0 Å². The minimum atomic E-state index is 0.514. The fourth-order valence-corrected chi connectivity index (χ4v) is 1.77. The van der Waals surface area contributed by atoms with Crippen LogP contribution in [0.25, 0.3) is 0 Å². The Balaban J connectivity index is 2.58. The van der Waals surface area contributed by atoms with Gasteiger partial charge in [0.15, 0.2) is 0 Å². The largest absolute Gasteiger partial charge is 0.381 e. The molecule has 0 aliphatic carbocycles. The van der Waals surface area contributed by atoms with Crippen LogP contribution in [0.2, 0.25) is 0 Å². The van der Waals surface area contributed by atoms with Crippen LogP contribution in [0.15, 0.2) is 0 Å². The molecule has 1 heterocycles. The lowest BCUT2D eigenvalue weighted by atomic mass is 9.75. The van der Waals surface area contributed by atoms with Crippen LogP contribution in [0.3, 0.4) is 0 Å². The lowest BCUT2D eigenvalue weighted by Gasteiger charge is -2.30. The molecule has 1 aliphatic heterocycles. The van der Waals surface area contributed by atoms with Gasteiger partial charge in [0.05, 0.1) is 6.61 Å². The first-order valence-corrected chi connectivity index (χ1v) is 4.29. The highest BCUT2D eigenvalue weighted by Gasteiger charge is 2.35. The van der Waals surface area contributed by atoms with E-state index in [2.05, 4.69) is 20.8 Å². The molecule has 1 fully saturated rings. The normalized spacial score (nSPS) is 33.6. The fraction of sp³-hybridized carbons (Fsp3) is 1.00. The molecule has 0 aromatic heterocycles. The zero-order valence-electron chi connectivity index (χ0n) is 7.31. The van der Waals surface area contributed by atoms with Crippen molar-refractivity contribution in [2.75, 3.05) is 13.2 Å². The second-order valence-corrected chi connectivity index (χ2v) is 3.67. The Labute approximate surface area is 63.8 Å². The SMILES string of the molecule is CC[C@@]1(C(C)C)CCOC1. The number of ether oxygens (including phenoxy) is 1. The van der Waals surface area contributed by atoms with E-state index in [0.29, 0.717) is 5.41 Å².